The average molecular weight is 226 g/mol. The summed E-state index contributed by atoms with van der Waals surface area (Å²) in [5, 5.41) is 19.8. The van der Waals surface area contributed by atoms with Crippen LogP contribution in [0.2, 0.25) is 0 Å². The highest BCUT2D eigenvalue weighted by Crippen LogP contribution is 2.30. The molecule has 7 nitrogen and oxygen atoms in total. The topological polar surface area (TPSA) is 84.4 Å². The van der Waals surface area contributed by atoms with E-state index < -0.39 is 4.92 Å². The van der Waals surface area contributed by atoms with Gasteiger partial charge < -0.3 is 20.1 Å². The monoisotopic (exact) mass is 226 g/mol. The lowest BCUT2D eigenvalue weighted by Crippen LogP contribution is -2.23. The molecule has 0 amide bonds. The molecule has 0 spiro atoms. The van der Waals surface area contributed by atoms with Crippen LogP contribution in [0, 0.1) is 16.0 Å². The Hall–Kier alpha value is -1.63. The highest BCUT2D eigenvalue weighted by atomic mass is 16.6. The maximum atomic E-state index is 10.8. The molecule has 0 radical (unpaired) electrons. The number of hydrogen-bond donors (Lipinski definition) is 1. The molecule has 1 saturated heterocycles. The first kappa shape index (κ1) is 10.9. The first-order chi connectivity index (χ1) is 7.63. The van der Waals surface area contributed by atoms with E-state index in [1.807, 2.05) is 4.90 Å². The lowest BCUT2D eigenvalue weighted by molar-refractivity contribution is -0.388. The molecule has 16 heavy (non-hydrogen) atoms. The fourth-order valence-electron chi connectivity index (χ4n) is 2.08. The maximum absolute atomic E-state index is 10.8. The van der Waals surface area contributed by atoms with Crippen molar-refractivity contribution in [2.45, 2.75) is 6.42 Å². The molecule has 0 saturated carbocycles. The van der Waals surface area contributed by atoms with E-state index in [9.17, 15) is 10.1 Å². The fraction of sp³-hybridized carbons (Fsp3) is 0.667. The summed E-state index contributed by atoms with van der Waals surface area (Å²) in [6, 6.07) is 0. The normalized spacial score (nSPS) is 20.4. The zero-order valence-electron chi connectivity index (χ0n) is 9.04. The minimum atomic E-state index is -0.471. The van der Waals surface area contributed by atoms with Gasteiger partial charge in [0.25, 0.3) is 0 Å². The van der Waals surface area contributed by atoms with Crippen LogP contribution < -0.4 is 4.90 Å². The van der Waals surface area contributed by atoms with Gasteiger partial charge in [0.2, 0.25) is 12.1 Å². The van der Waals surface area contributed by atoms with Crippen molar-refractivity contribution in [1.82, 2.24) is 9.55 Å². The predicted octanol–water partition coefficient (Wildman–Crippen LogP) is 0.147. The summed E-state index contributed by atoms with van der Waals surface area (Å²) < 4.78 is 1.65. The number of rotatable bonds is 3. The Kier molecular flexibility index (Phi) is 2.78. The van der Waals surface area contributed by atoms with Gasteiger partial charge in [-0.15, -0.1) is 0 Å². The van der Waals surface area contributed by atoms with E-state index in [2.05, 4.69) is 4.98 Å². The van der Waals surface area contributed by atoms with Gasteiger partial charge in [-0.3, -0.25) is 4.57 Å². The number of aromatic nitrogens is 2. The number of hydrogen-bond acceptors (Lipinski definition) is 5. The molecule has 1 fully saturated rings. The van der Waals surface area contributed by atoms with E-state index in [1.165, 1.54) is 6.33 Å². The lowest BCUT2D eigenvalue weighted by Gasteiger charge is -2.17. The first-order valence-corrected chi connectivity index (χ1v) is 5.15. The van der Waals surface area contributed by atoms with Crippen LogP contribution in [0.15, 0.2) is 6.33 Å². The van der Waals surface area contributed by atoms with E-state index >= 15 is 0 Å². The summed E-state index contributed by atoms with van der Waals surface area (Å²) in [4.78, 5) is 16.0. The number of anilines is 1. The highest BCUT2D eigenvalue weighted by molar-refractivity contribution is 5.55. The maximum Gasteiger partial charge on any atom is 0.406 e. The number of aliphatic hydroxyl groups excluding tert-OH is 1. The predicted molar refractivity (Wildman–Crippen MR) is 57.3 cm³/mol. The van der Waals surface area contributed by atoms with E-state index in [-0.39, 0.29) is 18.3 Å². The minimum Gasteiger partial charge on any atom is -0.396 e. The van der Waals surface area contributed by atoms with Gasteiger partial charge in [-0.25, -0.2) is 0 Å². The molecule has 2 rings (SSSR count). The van der Waals surface area contributed by atoms with Crippen LogP contribution in [0.5, 0.6) is 0 Å². The van der Waals surface area contributed by atoms with Crippen molar-refractivity contribution in [2.24, 2.45) is 13.0 Å². The summed E-state index contributed by atoms with van der Waals surface area (Å²) in [5.74, 6) is 0.622. The molecular formula is C9H14N4O3. The molecule has 1 N–H and O–H groups in total. The molecule has 0 aliphatic carbocycles. The summed E-state index contributed by atoms with van der Waals surface area (Å²) >= 11 is 0. The molecular weight excluding hydrogens is 212 g/mol. The number of nitrogens with zero attached hydrogens (tertiary/aromatic N) is 4. The Morgan fingerprint density at radius 1 is 1.75 bits per heavy atom. The number of imidazole rings is 1. The zero-order chi connectivity index (χ0) is 11.7. The van der Waals surface area contributed by atoms with Gasteiger partial charge in [0.15, 0.2) is 0 Å². The van der Waals surface area contributed by atoms with Gasteiger partial charge in [-0.05, 0) is 16.3 Å². The van der Waals surface area contributed by atoms with Crippen molar-refractivity contribution in [3.05, 3.63) is 16.4 Å². The molecule has 0 aromatic carbocycles. The van der Waals surface area contributed by atoms with Gasteiger partial charge in [-0.2, -0.15) is 0 Å². The van der Waals surface area contributed by atoms with E-state index in [1.54, 1.807) is 11.6 Å². The van der Waals surface area contributed by atoms with Gasteiger partial charge in [0.05, 0.1) is 0 Å². The molecule has 1 aromatic rings. The smallest absolute Gasteiger partial charge is 0.396 e. The Morgan fingerprint density at radius 2 is 2.50 bits per heavy atom. The molecule has 1 aliphatic rings. The van der Waals surface area contributed by atoms with Crippen molar-refractivity contribution < 1.29 is 10.0 Å². The standard InChI is InChI=1S/C9H14N4O3/c1-11-6-10-8(13(15)16)9(11)12-3-2-7(4-12)5-14/h6-7,14H,2-5H2,1H3. The van der Waals surface area contributed by atoms with E-state index in [0.29, 0.717) is 12.4 Å². The summed E-state index contributed by atoms with van der Waals surface area (Å²) in [6.07, 6.45) is 2.30. The Morgan fingerprint density at radius 3 is 3.06 bits per heavy atom. The van der Waals surface area contributed by atoms with Crippen LogP contribution in [0.25, 0.3) is 0 Å². The van der Waals surface area contributed by atoms with Crippen molar-refractivity contribution in [1.29, 1.82) is 0 Å². The van der Waals surface area contributed by atoms with Gasteiger partial charge in [0.1, 0.15) is 0 Å². The third kappa shape index (κ3) is 1.73. The Labute approximate surface area is 92.5 Å². The molecule has 0 bridgehead atoms. The second-order valence-corrected chi connectivity index (χ2v) is 4.04. The third-order valence-electron chi connectivity index (χ3n) is 2.90. The number of aliphatic hydroxyl groups is 1. The second-order valence-electron chi connectivity index (χ2n) is 4.04. The zero-order valence-corrected chi connectivity index (χ0v) is 9.04. The van der Waals surface area contributed by atoms with Crippen LogP contribution in [0.1, 0.15) is 6.42 Å². The molecule has 2 heterocycles. The summed E-state index contributed by atoms with van der Waals surface area (Å²) in [5.41, 5.74) is 0. The number of aryl methyl sites for hydroxylation is 1. The van der Waals surface area contributed by atoms with Crippen LogP contribution in [0.3, 0.4) is 0 Å². The van der Waals surface area contributed by atoms with Crippen LogP contribution in [0.4, 0.5) is 11.6 Å². The quantitative estimate of drug-likeness (QED) is 0.585. The average Bonchev–Trinajstić information content (AvgIpc) is 2.83. The van der Waals surface area contributed by atoms with Crippen molar-refractivity contribution >= 4 is 11.6 Å². The highest BCUT2D eigenvalue weighted by Gasteiger charge is 2.30. The third-order valence-corrected chi connectivity index (χ3v) is 2.90. The summed E-state index contributed by atoms with van der Waals surface area (Å²) in [6.45, 7) is 1.50. The largest absolute Gasteiger partial charge is 0.406 e. The first-order valence-electron chi connectivity index (χ1n) is 5.15. The van der Waals surface area contributed by atoms with Crippen LogP contribution in [-0.2, 0) is 7.05 Å². The number of nitro groups is 1. The SMILES string of the molecule is Cn1cnc([N+](=O)[O-])c1N1CCC(CO)C1. The van der Waals surface area contributed by atoms with Gasteiger partial charge in [-0.1, -0.05) is 0 Å². The van der Waals surface area contributed by atoms with E-state index in [4.69, 9.17) is 5.11 Å². The van der Waals surface area contributed by atoms with Crippen molar-refractivity contribution in [3.8, 4) is 0 Å². The van der Waals surface area contributed by atoms with Crippen LogP contribution >= 0.6 is 0 Å². The summed E-state index contributed by atoms with van der Waals surface area (Å²) in [7, 11) is 1.74. The van der Waals surface area contributed by atoms with Gasteiger partial charge >= 0.3 is 5.82 Å². The Bertz CT molecular complexity index is 403. The molecule has 1 aromatic heterocycles. The second kappa shape index (κ2) is 4.09. The van der Waals surface area contributed by atoms with Gasteiger partial charge in [0, 0.05) is 32.7 Å². The van der Waals surface area contributed by atoms with E-state index in [0.717, 1.165) is 13.0 Å². The minimum absolute atomic E-state index is 0.110. The molecule has 1 atom stereocenters. The molecule has 88 valence electrons. The fourth-order valence-corrected chi connectivity index (χ4v) is 2.08. The Balaban J connectivity index is 2.26. The van der Waals surface area contributed by atoms with Crippen molar-refractivity contribution in [2.75, 3.05) is 24.6 Å². The lowest BCUT2D eigenvalue weighted by atomic mass is 10.1. The molecule has 7 heteroatoms. The molecule has 1 aliphatic heterocycles. The van der Waals surface area contributed by atoms with Crippen LogP contribution in [-0.4, -0.2) is 39.3 Å². The van der Waals surface area contributed by atoms with Crippen molar-refractivity contribution in [3.63, 3.8) is 0 Å². The molecule has 1 unspecified atom stereocenters.